The Labute approximate surface area is 153 Å². The van der Waals surface area contributed by atoms with Crippen molar-refractivity contribution in [2.45, 2.75) is 4.83 Å². The largest absolute Gasteiger partial charge is 0.493 e. The maximum Gasteiger partial charge on any atom is 0.163 e. The van der Waals surface area contributed by atoms with Gasteiger partial charge < -0.3 is 9.47 Å². The summed E-state index contributed by atoms with van der Waals surface area (Å²) < 4.78 is 26.7. The fraction of sp³-hybridized carbons (Fsp3) is 0.200. The van der Waals surface area contributed by atoms with Gasteiger partial charge in [0.15, 0.2) is 11.5 Å². The minimum Gasteiger partial charge on any atom is -0.493 e. The summed E-state index contributed by atoms with van der Waals surface area (Å²) in [4.78, 5) is -0.276. The zero-order chi connectivity index (χ0) is 15.6. The maximum atomic E-state index is 14.3. The quantitative estimate of drug-likeness (QED) is 0.374. The van der Waals surface area contributed by atoms with Gasteiger partial charge in [0.2, 0.25) is 0 Å². The number of hydrogen-bond acceptors (Lipinski definition) is 2. The lowest BCUT2D eigenvalue weighted by atomic mass is 10.0. The van der Waals surface area contributed by atoms with Gasteiger partial charge in [0.05, 0.1) is 19.0 Å². The average Bonchev–Trinajstić information content (AvgIpc) is 2.48. The average molecular weight is 530 g/mol. The SMILES string of the molecule is COc1cc(F)c(C(Br)c2cc(Br)ccc2I)cc1OC. The molecule has 0 amide bonds. The summed E-state index contributed by atoms with van der Waals surface area (Å²) in [7, 11) is 3.02. The van der Waals surface area contributed by atoms with Gasteiger partial charge in [-0.1, -0.05) is 31.9 Å². The normalized spacial score (nSPS) is 12.1. The van der Waals surface area contributed by atoms with Crippen LogP contribution in [0.1, 0.15) is 16.0 Å². The van der Waals surface area contributed by atoms with E-state index in [2.05, 4.69) is 54.5 Å². The third-order valence-electron chi connectivity index (χ3n) is 3.01. The summed E-state index contributed by atoms with van der Waals surface area (Å²) in [5.41, 5.74) is 1.49. The Bertz CT molecular complexity index is 664. The number of rotatable bonds is 4. The first kappa shape index (κ1) is 17.0. The first-order chi connectivity index (χ1) is 9.97. The molecule has 0 fully saturated rings. The second-order valence-corrected chi connectivity index (χ2v) is 7.25. The van der Waals surface area contributed by atoms with Crippen LogP contribution in [0, 0.1) is 9.39 Å². The smallest absolute Gasteiger partial charge is 0.163 e. The summed E-state index contributed by atoms with van der Waals surface area (Å²) in [6.07, 6.45) is 0. The summed E-state index contributed by atoms with van der Waals surface area (Å²) >= 11 is 9.26. The minimum absolute atomic E-state index is 0.276. The van der Waals surface area contributed by atoms with Gasteiger partial charge in [0, 0.05) is 19.7 Å². The van der Waals surface area contributed by atoms with Crippen molar-refractivity contribution in [3.8, 4) is 11.5 Å². The molecular weight excluding hydrogens is 518 g/mol. The predicted octanol–water partition coefficient (Wildman–Crippen LogP) is 5.69. The molecule has 2 nitrogen and oxygen atoms in total. The second kappa shape index (κ2) is 7.28. The monoisotopic (exact) mass is 528 g/mol. The lowest BCUT2D eigenvalue weighted by Crippen LogP contribution is -2.01. The Hall–Kier alpha value is -0.340. The Kier molecular flexibility index (Phi) is 5.90. The number of halogens is 4. The van der Waals surface area contributed by atoms with E-state index in [1.165, 1.54) is 20.3 Å². The molecule has 1 unspecified atom stereocenters. The molecule has 0 spiro atoms. The van der Waals surface area contributed by atoms with Crippen molar-refractivity contribution in [3.63, 3.8) is 0 Å². The van der Waals surface area contributed by atoms with Crippen LogP contribution in [-0.4, -0.2) is 14.2 Å². The highest BCUT2D eigenvalue weighted by atomic mass is 127. The van der Waals surface area contributed by atoms with Gasteiger partial charge in [-0.3, -0.25) is 0 Å². The fourth-order valence-electron chi connectivity index (χ4n) is 1.94. The van der Waals surface area contributed by atoms with Crippen molar-refractivity contribution in [2.24, 2.45) is 0 Å². The lowest BCUT2D eigenvalue weighted by Gasteiger charge is -2.16. The van der Waals surface area contributed by atoms with Gasteiger partial charge >= 0.3 is 0 Å². The van der Waals surface area contributed by atoms with E-state index in [0.29, 0.717) is 17.1 Å². The van der Waals surface area contributed by atoms with Crippen molar-refractivity contribution in [3.05, 3.63) is 55.3 Å². The van der Waals surface area contributed by atoms with Crippen LogP contribution in [0.25, 0.3) is 0 Å². The Morgan fingerprint density at radius 1 is 1.05 bits per heavy atom. The molecule has 2 rings (SSSR count). The molecule has 0 N–H and O–H groups in total. The molecule has 0 bridgehead atoms. The zero-order valence-corrected chi connectivity index (χ0v) is 16.6. The van der Waals surface area contributed by atoms with Crippen LogP contribution < -0.4 is 9.47 Å². The van der Waals surface area contributed by atoms with Crippen LogP contribution >= 0.6 is 54.5 Å². The van der Waals surface area contributed by atoms with Gasteiger partial charge in [-0.2, -0.15) is 0 Å². The molecule has 2 aromatic rings. The number of methoxy groups -OCH3 is 2. The van der Waals surface area contributed by atoms with Gasteiger partial charge in [-0.25, -0.2) is 4.39 Å². The highest BCUT2D eigenvalue weighted by molar-refractivity contribution is 14.1. The predicted molar refractivity (Wildman–Crippen MR) is 97.1 cm³/mol. The van der Waals surface area contributed by atoms with E-state index in [-0.39, 0.29) is 10.6 Å². The third-order valence-corrected chi connectivity index (χ3v) is 5.47. The molecule has 0 radical (unpaired) electrons. The molecule has 0 aromatic heterocycles. The van der Waals surface area contributed by atoms with E-state index < -0.39 is 0 Å². The Morgan fingerprint density at radius 3 is 2.29 bits per heavy atom. The summed E-state index contributed by atoms with van der Waals surface area (Å²) in [6.45, 7) is 0. The van der Waals surface area contributed by atoms with E-state index in [0.717, 1.165) is 13.6 Å². The molecule has 0 heterocycles. The molecule has 0 aliphatic carbocycles. The second-order valence-electron chi connectivity index (χ2n) is 4.26. The molecule has 21 heavy (non-hydrogen) atoms. The summed E-state index contributed by atoms with van der Waals surface area (Å²) in [5, 5.41) is 0. The standard InChI is InChI=1S/C15H12Br2FIO2/c1-20-13-6-9(11(18)7-14(13)21-2)15(17)10-5-8(16)3-4-12(10)19/h3-7,15H,1-2H3. The van der Waals surface area contributed by atoms with Crippen molar-refractivity contribution in [2.75, 3.05) is 14.2 Å². The zero-order valence-electron chi connectivity index (χ0n) is 11.3. The molecule has 0 saturated carbocycles. The lowest BCUT2D eigenvalue weighted by molar-refractivity contribution is 0.351. The van der Waals surface area contributed by atoms with Crippen molar-refractivity contribution in [1.29, 1.82) is 0 Å². The Morgan fingerprint density at radius 2 is 1.67 bits per heavy atom. The molecule has 0 aliphatic rings. The van der Waals surface area contributed by atoms with Crippen molar-refractivity contribution < 1.29 is 13.9 Å². The first-order valence-electron chi connectivity index (χ1n) is 5.98. The van der Waals surface area contributed by atoms with Crippen LogP contribution in [0.4, 0.5) is 4.39 Å². The number of benzene rings is 2. The molecule has 6 heteroatoms. The molecule has 0 saturated heterocycles. The van der Waals surface area contributed by atoms with Crippen LogP contribution in [0.5, 0.6) is 11.5 Å². The number of alkyl halides is 1. The number of hydrogen-bond donors (Lipinski definition) is 0. The Balaban J connectivity index is 2.52. The van der Waals surface area contributed by atoms with E-state index in [1.807, 2.05) is 18.2 Å². The van der Waals surface area contributed by atoms with E-state index in [1.54, 1.807) is 6.07 Å². The fourth-order valence-corrected chi connectivity index (χ4v) is 4.12. The highest BCUT2D eigenvalue weighted by Gasteiger charge is 2.20. The van der Waals surface area contributed by atoms with Crippen LogP contribution in [0.15, 0.2) is 34.8 Å². The molecule has 1 atom stereocenters. The van der Waals surface area contributed by atoms with Gasteiger partial charge in [0.1, 0.15) is 5.82 Å². The topological polar surface area (TPSA) is 18.5 Å². The van der Waals surface area contributed by atoms with E-state index >= 15 is 0 Å². The number of ether oxygens (including phenoxy) is 2. The minimum atomic E-state index is -0.342. The maximum absolute atomic E-state index is 14.3. The van der Waals surface area contributed by atoms with Gasteiger partial charge in [0.25, 0.3) is 0 Å². The van der Waals surface area contributed by atoms with Crippen molar-refractivity contribution >= 4 is 54.5 Å². The third kappa shape index (κ3) is 3.71. The summed E-state index contributed by atoms with van der Waals surface area (Å²) in [6, 6.07) is 8.90. The molecule has 2 aromatic carbocycles. The van der Waals surface area contributed by atoms with Crippen LogP contribution in [0.2, 0.25) is 0 Å². The van der Waals surface area contributed by atoms with Crippen LogP contribution in [-0.2, 0) is 0 Å². The van der Waals surface area contributed by atoms with Gasteiger partial charge in [-0.15, -0.1) is 0 Å². The highest BCUT2D eigenvalue weighted by Crippen LogP contribution is 2.40. The van der Waals surface area contributed by atoms with Crippen LogP contribution in [0.3, 0.4) is 0 Å². The first-order valence-corrected chi connectivity index (χ1v) is 8.77. The van der Waals surface area contributed by atoms with E-state index in [4.69, 9.17) is 9.47 Å². The van der Waals surface area contributed by atoms with E-state index in [9.17, 15) is 4.39 Å². The molecule has 0 aliphatic heterocycles. The molecule has 112 valence electrons. The van der Waals surface area contributed by atoms with Crippen molar-refractivity contribution in [1.82, 2.24) is 0 Å². The van der Waals surface area contributed by atoms with Gasteiger partial charge in [-0.05, 0) is 52.4 Å². The summed E-state index contributed by atoms with van der Waals surface area (Å²) in [5.74, 6) is 0.538. The molecular formula is C15H12Br2FIO2.